The van der Waals surface area contributed by atoms with Gasteiger partial charge in [0.2, 0.25) is 0 Å². The molecule has 1 fully saturated rings. The molecule has 1 aromatic rings. The van der Waals surface area contributed by atoms with Crippen LogP contribution in [0.25, 0.3) is 0 Å². The molecule has 5 heteroatoms. The van der Waals surface area contributed by atoms with Crippen molar-refractivity contribution < 1.29 is 9.53 Å². The van der Waals surface area contributed by atoms with Crippen LogP contribution in [0.2, 0.25) is 0 Å². The molecule has 5 nitrogen and oxygen atoms in total. The predicted octanol–water partition coefficient (Wildman–Crippen LogP) is 2.07. The van der Waals surface area contributed by atoms with E-state index in [1.165, 1.54) is 5.69 Å². The Bertz CT molecular complexity index is 431. The molecule has 0 aliphatic carbocycles. The average Bonchev–Trinajstić information content (AvgIpc) is 2.87. The lowest BCUT2D eigenvalue weighted by atomic mass is 9.98. The quantitative estimate of drug-likeness (QED) is 0.748. The predicted molar refractivity (Wildman–Crippen MR) is 77.2 cm³/mol. The summed E-state index contributed by atoms with van der Waals surface area (Å²) in [6, 6.07) is 0. The van der Waals surface area contributed by atoms with Crippen molar-refractivity contribution in [2.75, 3.05) is 19.7 Å². The summed E-state index contributed by atoms with van der Waals surface area (Å²) in [6.07, 6.45) is 6.94. The van der Waals surface area contributed by atoms with Crippen molar-refractivity contribution in [1.29, 1.82) is 0 Å². The molecular formula is C15H25N3O2. The van der Waals surface area contributed by atoms with Crippen LogP contribution in [0.1, 0.15) is 38.8 Å². The number of imidazole rings is 1. The largest absolute Gasteiger partial charge is 0.466 e. The van der Waals surface area contributed by atoms with Crippen molar-refractivity contribution in [3.05, 3.63) is 18.2 Å². The fraction of sp³-hybridized carbons (Fsp3) is 0.733. The van der Waals surface area contributed by atoms with E-state index in [4.69, 9.17) is 4.74 Å². The molecule has 1 aliphatic rings. The van der Waals surface area contributed by atoms with Crippen molar-refractivity contribution in [3.8, 4) is 0 Å². The number of carbonyl (C=O) groups is 1. The van der Waals surface area contributed by atoms with Gasteiger partial charge in [-0.1, -0.05) is 6.92 Å². The van der Waals surface area contributed by atoms with Gasteiger partial charge in [0.15, 0.2) is 0 Å². The van der Waals surface area contributed by atoms with E-state index >= 15 is 0 Å². The fourth-order valence-electron chi connectivity index (χ4n) is 2.80. The topological polar surface area (TPSA) is 47.4 Å². The van der Waals surface area contributed by atoms with Crippen LogP contribution in [0, 0.1) is 5.92 Å². The first-order valence-corrected chi connectivity index (χ1v) is 7.62. The van der Waals surface area contributed by atoms with Gasteiger partial charge in [0, 0.05) is 25.8 Å². The van der Waals surface area contributed by atoms with Crippen molar-refractivity contribution in [2.24, 2.45) is 5.92 Å². The Balaban J connectivity index is 1.92. The van der Waals surface area contributed by atoms with Gasteiger partial charge in [-0.2, -0.15) is 0 Å². The van der Waals surface area contributed by atoms with E-state index in [0.29, 0.717) is 6.61 Å². The van der Waals surface area contributed by atoms with Crippen LogP contribution in [0.3, 0.4) is 0 Å². The Morgan fingerprint density at radius 2 is 2.35 bits per heavy atom. The average molecular weight is 279 g/mol. The maximum atomic E-state index is 11.8. The normalized spacial score (nSPS) is 20.0. The second kappa shape index (κ2) is 7.43. The number of carbonyl (C=O) groups excluding carboxylic acids is 1. The van der Waals surface area contributed by atoms with Gasteiger partial charge in [-0.15, -0.1) is 0 Å². The zero-order valence-corrected chi connectivity index (χ0v) is 12.5. The minimum Gasteiger partial charge on any atom is -0.466 e. The SMILES string of the molecule is CCCn1cncc1CN1CCCC(C(=O)OCC)C1. The third-order valence-electron chi connectivity index (χ3n) is 3.77. The highest BCUT2D eigenvalue weighted by Crippen LogP contribution is 2.19. The highest BCUT2D eigenvalue weighted by atomic mass is 16.5. The molecule has 0 amide bonds. The molecule has 2 rings (SSSR count). The first-order chi connectivity index (χ1) is 9.74. The number of aromatic nitrogens is 2. The Morgan fingerprint density at radius 3 is 3.10 bits per heavy atom. The second-order valence-corrected chi connectivity index (χ2v) is 5.40. The number of rotatable bonds is 6. The monoisotopic (exact) mass is 279 g/mol. The number of hydrogen-bond donors (Lipinski definition) is 0. The molecule has 1 atom stereocenters. The van der Waals surface area contributed by atoms with Gasteiger partial charge in [-0.3, -0.25) is 9.69 Å². The van der Waals surface area contributed by atoms with Crippen molar-refractivity contribution in [3.63, 3.8) is 0 Å². The lowest BCUT2D eigenvalue weighted by Crippen LogP contribution is -2.39. The molecule has 0 spiro atoms. The minimum atomic E-state index is -0.0423. The molecule has 1 aliphatic heterocycles. The molecule has 0 aromatic carbocycles. The molecule has 20 heavy (non-hydrogen) atoms. The number of nitrogens with zero attached hydrogens (tertiary/aromatic N) is 3. The Labute approximate surface area is 120 Å². The fourth-order valence-corrected chi connectivity index (χ4v) is 2.80. The van der Waals surface area contributed by atoms with E-state index in [1.54, 1.807) is 0 Å². The first kappa shape index (κ1) is 15.0. The maximum absolute atomic E-state index is 11.8. The first-order valence-electron chi connectivity index (χ1n) is 7.62. The van der Waals surface area contributed by atoms with Gasteiger partial charge >= 0.3 is 5.97 Å². The molecule has 0 radical (unpaired) electrons. The molecular weight excluding hydrogens is 254 g/mol. The van der Waals surface area contributed by atoms with Crippen LogP contribution < -0.4 is 0 Å². The summed E-state index contributed by atoms with van der Waals surface area (Å²) in [6.45, 7) is 8.23. The van der Waals surface area contributed by atoms with Gasteiger partial charge in [0.05, 0.1) is 24.5 Å². The number of esters is 1. The van der Waals surface area contributed by atoms with Crippen LogP contribution in [-0.4, -0.2) is 40.1 Å². The molecule has 112 valence electrons. The van der Waals surface area contributed by atoms with Gasteiger partial charge in [0.1, 0.15) is 0 Å². The highest BCUT2D eigenvalue weighted by Gasteiger charge is 2.27. The molecule has 2 heterocycles. The lowest BCUT2D eigenvalue weighted by Gasteiger charge is -2.31. The molecule has 1 unspecified atom stereocenters. The van der Waals surface area contributed by atoms with Crippen LogP contribution >= 0.6 is 0 Å². The van der Waals surface area contributed by atoms with Crippen molar-refractivity contribution in [2.45, 2.75) is 46.2 Å². The molecule has 1 saturated heterocycles. The number of hydrogen-bond acceptors (Lipinski definition) is 4. The molecule has 0 bridgehead atoms. The summed E-state index contributed by atoms with van der Waals surface area (Å²) in [4.78, 5) is 18.4. The summed E-state index contributed by atoms with van der Waals surface area (Å²) in [5.74, 6) is -0.00878. The van der Waals surface area contributed by atoms with Crippen LogP contribution in [0.5, 0.6) is 0 Å². The van der Waals surface area contributed by atoms with Gasteiger partial charge in [-0.05, 0) is 32.7 Å². The Hall–Kier alpha value is -1.36. The van der Waals surface area contributed by atoms with Crippen molar-refractivity contribution >= 4 is 5.97 Å². The number of likely N-dealkylation sites (tertiary alicyclic amines) is 1. The number of aryl methyl sites for hydroxylation is 1. The number of ether oxygens (including phenoxy) is 1. The van der Waals surface area contributed by atoms with E-state index in [-0.39, 0.29) is 11.9 Å². The number of piperidine rings is 1. The molecule has 0 saturated carbocycles. The summed E-state index contributed by atoms with van der Waals surface area (Å²) < 4.78 is 7.35. The van der Waals surface area contributed by atoms with E-state index in [0.717, 1.165) is 45.4 Å². The summed E-state index contributed by atoms with van der Waals surface area (Å²) in [7, 11) is 0. The minimum absolute atomic E-state index is 0.0336. The lowest BCUT2D eigenvalue weighted by molar-refractivity contribution is -0.150. The second-order valence-electron chi connectivity index (χ2n) is 5.40. The highest BCUT2D eigenvalue weighted by molar-refractivity contribution is 5.72. The van der Waals surface area contributed by atoms with E-state index in [2.05, 4.69) is 21.4 Å². The van der Waals surface area contributed by atoms with E-state index in [9.17, 15) is 4.79 Å². The smallest absolute Gasteiger partial charge is 0.310 e. The zero-order chi connectivity index (χ0) is 14.4. The van der Waals surface area contributed by atoms with Crippen LogP contribution in [-0.2, 0) is 22.6 Å². The third-order valence-corrected chi connectivity index (χ3v) is 3.77. The summed E-state index contributed by atoms with van der Waals surface area (Å²) in [5.41, 5.74) is 1.23. The summed E-state index contributed by atoms with van der Waals surface area (Å²) >= 11 is 0. The van der Waals surface area contributed by atoms with Gasteiger partial charge < -0.3 is 9.30 Å². The van der Waals surface area contributed by atoms with Crippen LogP contribution in [0.4, 0.5) is 0 Å². The molecule has 0 N–H and O–H groups in total. The van der Waals surface area contributed by atoms with E-state index < -0.39 is 0 Å². The van der Waals surface area contributed by atoms with Crippen LogP contribution in [0.15, 0.2) is 12.5 Å². The van der Waals surface area contributed by atoms with E-state index in [1.807, 2.05) is 19.4 Å². The Kier molecular flexibility index (Phi) is 5.59. The van der Waals surface area contributed by atoms with Gasteiger partial charge in [-0.25, -0.2) is 4.98 Å². The van der Waals surface area contributed by atoms with Crippen molar-refractivity contribution in [1.82, 2.24) is 14.5 Å². The third kappa shape index (κ3) is 3.82. The summed E-state index contributed by atoms with van der Waals surface area (Å²) in [5, 5.41) is 0. The Morgan fingerprint density at radius 1 is 1.50 bits per heavy atom. The maximum Gasteiger partial charge on any atom is 0.310 e. The zero-order valence-electron chi connectivity index (χ0n) is 12.5. The standard InChI is InChI=1S/C15H25N3O2/c1-3-7-18-12-16-9-14(18)11-17-8-5-6-13(10-17)15(19)20-4-2/h9,12-13H,3-8,10-11H2,1-2H3. The molecule has 1 aromatic heterocycles. The van der Waals surface area contributed by atoms with Gasteiger partial charge in [0.25, 0.3) is 0 Å².